The van der Waals surface area contributed by atoms with E-state index in [9.17, 15) is 0 Å². The number of para-hydroxylation sites is 1. The molecule has 6 heteroatoms. The average Bonchev–Trinajstić information content (AvgIpc) is 3.30. The summed E-state index contributed by atoms with van der Waals surface area (Å²) in [5, 5.41) is 10.2. The van der Waals surface area contributed by atoms with Gasteiger partial charge in [-0.15, -0.1) is 11.3 Å². The quantitative estimate of drug-likeness (QED) is 0.628. The van der Waals surface area contributed by atoms with Crippen molar-refractivity contribution in [1.29, 1.82) is 0 Å². The number of thiocarbonyl (C=S) groups is 1. The van der Waals surface area contributed by atoms with Gasteiger partial charge in [-0.25, -0.2) is 0 Å². The molecule has 0 spiro atoms. The van der Waals surface area contributed by atoms with Crippen LogP contribution in [0.25, 0.3) is 0 Å². The summed E-state index contributed by atoms with van der Waals surface area (Å²) in [7, 11) is 0. The summed E-state index contributed by atoms with van der Waals surface area (Å²) in [4.78, 5) is 6.55. The molecule has 162 valence electrons. The molecule has 0 radical (unpaired) electrons. The van der Waals surface area contributed by atoms with Crippen molar-refractivity contribution in [2.45, 2.75) is 57.2 Å². The summed E-state index contributed by atoms with van der Waals surface area (Å²) in [6.07, 6.45) is 6.49. The fourth-order valence-corrected chi connectivity index (χ4v) is 6.18. The van der Waals surface area contributed by atoms with Gasteiger partial charge in [0, 0.05) is 48.8 Å². The third kappa shape index (κ3) is 5.54. The van der Waals surface area contributed by atoms with E-state index in [-0.39, 0.29) is 6.04 Å². The summed E-state index contributed by atoms with van der Waals surface area (Å²) >= 11 is 7.55. The van der Waals surface area contributed by atoms with E-state index in [2.05, 4.69) is 75.2 Å². The van der Waals surface area contributed by atoms with Gasteiger partial charge >= 0.3 is 0 Å². The lowest BCUT2D eigenvalue weighted by Gasteiger charge is -2.42. The molecule has 4 nitrogen and oxygen atoms in total. The Labute approximate surface area is 190 Å². The standard InChI is InChI=1S/C24H34N4S2/c1-19(25-24(29)26-20-9-4-2-5-10-20)23(22-13-8-18-30-22)28-16-14-27(15-17-28)21-11-6-3-7-12-21/h3,6-8,11-13,18-20,23H,2,4-5,9-10,14-17H2,1H3,(H2,25,26,29)/t19-,23-/m0/s1. The molecule has 0 bridgehead atoms. The van der Waals surface area contributed by atoms with E-state index in [1.165, 1.54) is 42.7 Å². The normalized spacial score (nSPS) is 20.5. The first-order chi connectivity index (χ1) is 14.7. The summed E-state index contributed by atoms with van der Waals surface area (Å²) in [5.41, 5.74) is 1.33. The van der Waals surface area contributed by atoms with Gasteiger partial charge in [-0.05, 0) is 55.6 Å². The minimum Gasteiger partial charge on any atom is -0.369 e. The number of nitrogens with zero attached hydrogens (tertiary/aromatic N) is 2. The molecule has 1 saturated carbocycles. The highest BCUT2D eigenvalue weighted by Crippen LogP contribution is 2.30. The molecule has 0 amide bonds. The predicted octanol–water partition coefficient (Wildman–Crippen LogP) is 4.80. The van der Waals surface area contributed by atoms with Crippen LogP contribution in [0.2, 0.25) is 0 Å². The molecule has 1 aromatic heterocycles. The minimum atomic E-state index is 0.260. The van der Waals surface area contributed by atoms with E-state index >= 15 is 0 Å². The molecule has 1 aliphatic heterocycles. The highest BCUT2D eigenvalue weighted by atomic mass is 32.1. The second-order valence-electron chi connectivity index (χ2n) is 8.56. The maximum Gasteiger partial charge on any atom is 0.166 e. The molecule has 2 aliphatic rings. The van der Waals surface area contributed by atoms with Gasteiger partial charge in [0.15, 0.2) is 5.11 Å². The number of benzene rings is 1. The summed E-state index contributed by atoms with van der Waals surface area (Å²) < 4.78 is 0. The average molecular weight is 443 g/mol. The molecule has 30 heavy (non-hydrogen) atoms. The lowest BCUT2D eigenvalue weighted by molar-refractivity contribution is 0.162. The summed E-state index contributed by atoms with van der Waals surface area (Å²) in [6, 6.07) is 16.4. The molecule has 1 saturated heterocycles. The van der Waals surface area contributed by atoms with Gasteiger partial charge in [-0.3, -0.25) is 4.90 Å². The third-order valence-electron chi connectivity index (χ3n) is 6.44. The summed E-state index contributed by atoms with van der Waals surface area (Å²) in [6.45, 7) is 6.52. The highest BCUT2D eigenvalue weighted by Gasteiger charge is 2.30. The van der Waals surface area contributed by atoms with Crippen molar-refractivity contribution in [1.82, 2.24) is 15.5 Å². The Kier molecular flexibility index (Phi) is 7.63. The molecular weight excluding hydrogens is 408 g/mol. The topological polar surface area (TPSA) is 30.5 Å². The van der Waals surface area contributed by atoms with Crippen molar-refractivity contribution in [2.24, 2.45) is 0 Å². The number of piperazine rings is 1. The number of hydrogen-bond donors (Lipinski definition) is 2. The van der Waals surface area contributed by atoms with E-state index in [1.54, 1.807) is 0 Å². The first kappa shape index (κ1) is 21.6. The number of hydrogen-bond acceptors (Lipinski definition) is 4. The van der Waals surface area contributed by atoms with E-state index in [0.717, 1.165) is 31.3 Å². The van der Waals surface area contributed by atoms with Crippen LogP contribution < -0.4 is 15.5 Å². The van der Waals surface area contributed by atoms with Crippen molar-refractivity contribution in [2.75, 3.05) is 31.1 Å². The van der Waals surface area contributed by atoms with Crippen molar-refractivity contribution < 1.29 is 0 Å². The Morgan fingerprint density at radius 2 is 1.73 bits per heavy atom. The van der Waals surface area contributed by atoms with Gasteiger partial charge in [0.2, 0.25) is 0 Å². The Morgan fingerprint density at radius 3 is 2.40 bits per heavy atom. The van der Waals surface area contributed by atoms with Gasteiger partial charge in [0.25, 0.3) is 0 Å². The Morgan fingerprint density at radius 1 is 1.00 bits per heavy atom. The smallest absolute Gasteiger partial charge is 0.166 e. The molecule has 2 fully saturated rings. The van der Waals surface area contributed by atoms with Crippen LogP contribution >= 0.6 is 23.6 Å². The van der Waals surface area contributed by atoms with Crippen LogP contribution in [0.3, 0.4) is 0 Å². The zero-order valence-electron chi connectivity index (χ0n) is 17.9. The van der Waals surface area contributed by atoms with Gasteiger partial charge in [0.1, 0.15) is 0 Å². The largest absolute Gasteiger partial charge is 0.369 e. The van der Waals surface area contributed by atoms with Crippen LogP contribution in [-0.2, 0) is 0 Å². The fourth-order valence-electron chi connectivity index (χ4n) is 4.86. The van der Waals surface area contributed by atoms with Crippen molar-refractivity contribution in [3.63, 3.8) is 0 Å². The molecule has 0 unspecified atom stereocenters. The Balaban J connectivity index is 1.37. The van der Waals surface area contributed by atoms with E-state index in [0.29, 0.717) is 12.1 Å². The molecule has 1 aromatic carbocycles. The van der Waals surface area contributed by atoms with Gasteiger partial charge in [-0.2, -0.15) is 0 Å². The number of thiophene rings is 1. The Bertz CT molecular complexity index is 766. The maximum absolute atomic E-state index is 5.70. The van der Waals surface area contributed by atoms with Crippen LogP contribution in [-0.4, -0.2) is 48.3 Å². The molecule has 2 aromatic rings. The van der Waals surface area contributed by atoms with Crippen LogP contribution in [0.15, 0.2) is 47.8 Å². The monoisotopic (exact) mass is 442 g/mol. The highest BCUT2D eigenvalue weighted by molar-refractivity contribution is 7.80. The minimum absolute atomic E-state index is 0.260. The zero-order valence-corrected chi connectivity index (χ0v) is 19.6. The summed E-state index contributed by atoms with van der Waals surface area (Å²) in [5.74, 6) is 0. The second-order valence-corrected chi connectivity index (χ2v) is 9.95. The van der Waals surface area contributed by atoms with Crippen LogP contribution in [0.5, 0.6) is 0 Å². The van der Waals surface area contributed by atoms with E-state index in [1.807, 2.05) is 11.3 Å². The fraction of sp³-hybridized carbons (Fsp3) is 0.542. The second kappa shape index (κ2) is 10.6. The lowest BCUT2D eigenvalue weighted by atomic mass is 9.96. The molecular formula is C24H34N4S2. The molecule has 2 atom stereocenters. The van der Waals surface area contributed by atoms with Crippen LogP contribution in [0, 0.1) is 0 Å². The SMILES string of the molecule is C[C@H](NC(=S)NC1CCCCC1)[C@@H](c1cccs1)N1CCN(c2ccccc2)CC1. The van der Waals surface area contributed by atoms with E-state index < -0.39 is 0 Å². The van der Waals surface area contributed by atoms with Crippen LogP contribution in [0.4, 0.5) is 5.69 Å². The number of nitrogens with one attached hydrogen (secondary N) is 2. The van der Waals surface area contributed by atoms with Gasteiger partial charge in [0.05, 0.1) is 6.04 Å². The van der Waals surface area contributed by atoms with Gasteiger partial charge in [-0.1, -0.05) is 43.5 Å². The number of anilines is 1. The predicted molar refractivity (Wildman–Crippen MR) is 132 cm³/mol. The lowest BCUT2D eigenvalue weighted by Crippen LogP contribution is -2.54. The first-order valence-electron chi connectivity index (χ1n) is 11.3. The van der Waals surface area contributed by atoms with Crippen LogP contribution in [0.1, 0.15) is 49.9 Å². The van der Waals surface area contributed by atoms with Crippen molar-refractivity contribution >= 4 is 34.4 Å². The van der Waals surface area contributed by atoms with Gasteiger partial charge < -0.3 is 15.5 Å². The van der Waals surface area contributed by atoms with Crippen molar-refractivity contribution in [3.8, 4) is 0 Å². The zero-order chi connectivity index (χ0) is 20.8. The molecule has 1 aliphatic carbocycles. The Hall–Kier alpha value is -1.63. The van der Waals surface area contributed by atoms with E-state index in [4.69, 9.17) is 12.2 Å². The number of rotatable bonds is 6. The molecule has 4 rings (SSSR count). The molecule has 2 heterocycles. The third-order valence-corrected chi connectivity index (χ3v) is 7.62. The maximum atomic E-state index is 5.70. The van der Waals surface area contributed by atoms with Crippen molar-refractivity contribution in [3.05, 3.63) is 52.7 Å². The molecule has 2 N–H and O–H groups in total. The first-order valence-corrected chi connectivity index (χ1v) is 12.6.